The van der Waals surface area contributed by atoms with Crippen LogP contribution in [0.4, 0.5) is 34.4 Å². The van der Waals surface area contributed by atoms with Gasteiger partial charge in [-0.3, -0.25) is 9.80 Å². The Balaban J connectivity index is 1.06. The Labute approximate surface area is 464 Å². The lowest BCUT2D eigenvalue weighted by atomic mass is 9.69. The summed E-state index contributed by atoms with van der Waals surface area (Å²) < 4.78 is 0. The standard InChI is InChI=1S/C75H60N4/c1-47(2)51-29-33-55(34-30-51)78(73-65(41-49(5)45-76-73)53-19-9-7-10-20-53)57-37-39-62-67(43-57)59-23-13-14-26-63(59)72-71(62)64-40-38-58(44-70(64)75(72)68-27-17-15-24-60(68)61-25-16-18-28-69(61)75)79(56-35-31-52(32-36-56)48(3)4)74-66(42-50(6)46-77-74)54-21-11-8-12-22-54/h7-48H,1-6H3. The second-order valence-corrected chi connectivity index (χ2v) is 22.3. The van der Waals surface area contributed by atoms with Gasteiger partial charge in [0.15, 0.2) is 0 Å². The number of aryl methyl sites for hydroxylation is 2. The number of fused-ring (bicyclic) bond motifs is 15. The number of aromatic nitrogens is 2. The molecule has 0 saturated carbocycles. The number of nitrogens with zero attached hydrogens (tertiary/aromatic N) is 4. The fourth-order valence-corrected chi connectivity index (χ4v) is 13.1. The molecule has 0 fully saturated rings. The first-order chi connectivity index (χ1) is 38.7. The molecule has 0 bridgehead atoms. The van der Waals surface area contributed by atoms with E-state index in [4.69, 9.17) is 9.97 Å². The first kappa shape index (κ1) is 48.0. The Bertz CT molecular complexity index is 4280. The van der Waals surface area contributed by atoms with E-state index in [-0.39, 0.29) is 0 Å². The van der Waals surface area contributed by atoms with E-state index in [1.807, 2.05) is 12.4 Å². The van der Waals surface area contributed by atoms with Crippen molar-refractivity contribution in [3.8, 4) is 44.5 Å². The van der Waals surface area contributed by atoms with E-state index < -0.39 is 5.41 Å². The molecule has 2 heterocycles. The molecule has 0 aliphatic heterocycles. The molecule has 0 unspecified atom stereocenters. The van der Waals surface area contributed by atoms with Crippen LogP contribution in [0.2, 0.25) is 0 Å². The third-order valence-electron chi connectivity index (χ3n) is 16.8. The second-order valence-electron chi connectivity index (χ2n) is 22.3. The Morgan fingerprint density at radius 1 is 0.342 bits per heavy atom. The molecule has 2 aliphatic rings. The van der Waals surface area contributed by atoms with Crippen LogP contribution in [0.25, 0.3) is 66.1 Å². The molecule has 4 nitrogen and oxygen atoms in total. The molecule has 1 spiro atoms. The number of pyridine rings is 2. The van der Waals surface area contributed by atoms with E-state index in [0.29, 0.717) is 11.8 Å². The summed E-state index contributed by atoms with van der Waals surface area (Å²) in [4.78, 5) is 15.4. The van der Waals surface area contributed by atoms with Crippen molar-refractivity contribution in [1.82, 2.24) is 9.97 Å². The molecule has 0 N–H and O–H groups in total. The molecule has 0 atom stereocenters. The van der Waals surface area contributed by atoms with Crippen molar-refractivity contribution in [1.29, 1.82) is 0 Å². The average Bonchev–Trinajstić information content (AvgIpc) is 3.53. The van der Waals surface area contributed by atoms with Crippen molar-refractivity contribution in [3.05, 3.63) is 287 Å². The van der Waals surface area contributed by atoms with Crippen molar-refractivity contribution < 1.29 is 0 Å². The minimum absolute atomic E-state index is 0.395. The van der Waals surface area contributed by atoms with Crippen LogP contribution in [0.5, 0.6) is 0 Å². The SMILES string of the molecule is Cc1cnc(N(c2ccc(C(C)C)cc2)c2ccc3c(c2)C2(c4ccccc4-c4ccccc42)c2c-3c3ccc(N(c4ccc(C(C)C)cc4)c4ncc(C)cc4-c4ccccc4)cc3c3ccccc23)c(-c2ccccc2)c1. The molecule has 14 rings (SSSR count). The van der Waals surface area contributed by atoms with Gasteiger partial charge in [0.1, 0.15) is 11.6 Å². The van der Waals surface area contributed by atoms with E-state index in [9.17, 15) is 0 Å². The highest BCUT2D eigenvalue weighted by Crippen LogP contribution is 2.66. The summed E-state index contributed by atoms with van der Waals surface area (Å²) in [5.41, 5.74) is 23.0. The van der Waals surface area contributed by atoms with Gasteiger partial charge in [0.2, 0.25) is 0 Å². The van der Waals surface area contributed by atoms with E-state index >= 15 is 0 Å². The van der Waals surface area contributed by atoms with Gasteiger partial charge in [-0.2, -0.15) is 0 Å². The monoisotopic (exact) mass is 1020 g/mol. The summed E-state index contributed by atoms with van der Waals surface area (Å²) in [7, 11) is 0. The largest absolute Gasteiger partial charge is 0.295 e. The van der Waals surface area contributed by atoms with Crippen LogP contribution in [0.1, 0.15) is 84.0 Å². The quantitative estimate of drug-likeness (QED) is 0.128. The van der Waals surface area contributed by atoms with Gasteiger partial charge in [0.05, 0.1) is 5.41 Å². The maximum atomic E-state index is 5.36. The predicted octanol–water partition coefficient (Wildman–Crippen LogP) is 20.3. The number of anilines is 6. The molecule has 2 aromatic heterocycles. The Kier molecular flexibility index (Phi) is 11.5. The van der Waals surface area contributed by atoms with Crippen LogP contribution < -0.4 is 9.80 Å². The second kappa shape index (κ2) is 19.0. The minimum atomic E-state index is -0.656. The van der Waals surface area contributed by atoms with Gasteiger partial charge in [-0.25, -0.2) is 9.97 Å². The zero-order chi connectivity index (χ0) is 53.5. The molecule has 12 aromatic rings. The zero-order valence-electron chi connectivity index (χ0n) is 45.5. The molecule has 10 aromatic carbocycles. The van der Waals surface area contributed by atoms with Crippen molar-refractivity contribution in [2.24, 2.45) is 0 Å². The van der Waals surface area contributed by atoms with Crippen molar-refractivity contribution >= 4 is 55.9 Å². The van der Waals surface area contributed by atoms with E-state index in [1.165, 1.54) is 77.2 Å². The Morgan fingerprint density at radius 3 is 1.30 bits per heavy atom. The normalized spacial score (nSPS) is 12.8. The van der Waals surface area contributed by atoms with Gasteiger partial charge >= 0.3 is 0 Å². The number of rotatable bonds is 10. The van der Waals surface area contributed by atoms with E-state index in [2.05, 4.69) is 282 Å². The van der Waals surface area contributed by atoms with Crippen molar-refractivity contribution in [3.63, 3.8) is 0 Å². The maximum absolute atomic E-state index is 5.36. The van der Waals surface area contributed by atoms with Crippen LogP contribution in [0.3, 0.4) is 0 Å². The molecule has 0 saturated heterocycles. The fraction of sp³-hybridized carbons (Fsp3) is 0.120. The third-order valence-corrected chi connectivity index (χ3v) is 16.8. The highest BCUT2D eigenvalue weighted by atomic mass is 15.2. The molecule has 79 heavy (non-hydrogen) atoms. The molecule has 0 amide bonds. The summed E-state index contributed by atoms with van der Waals surface area (Å²) in [6.45, 7) is 13.3. The fourth-order valence-electron chi connectivity index (χ4n) is 13.1. The lowest BCUT2D eigenvalue weighted by molar-refractivity contribution is 0.801. The van der Waals surface area contributed by atoms with Gasteiger partial charge < -0.3 is 0 Å². The van der Waals surface area contributed by atoms with Crippen LogP contribution >= 0.6 is 0 Å². The minimum Gasteiger partial charge on any atom is -0.295 e. The predicted molar refractivity (Wildman–Crippen MR) is 331 cm³/mol. The smallest absolute Gasteiger partial charge is 0.145 e. The van der Waals surface area contributed by atoms with E-state index in [1.54, 1.807) is 0 Å². The van der Waals surface area contributed by atoms with Gasteiger partial charge in [0, 0.05) is 46.3 Å². The van der Waals surface area contributed by atoms with Crippen LogP contribution in [0, 0.1) is 13.8 Å². The number of benzene rings is 10. The zero-order valence-corrected chi connectivity index (χ0v) is 45.5. The maximum Gasteiger partial charge on any atom is 0.145 e. The highest BCUT2D eigenvalue weighted by Gasteiger charge is 2.53. The lowest BCUT2D eigenvalue weighted by Gasteiger charge is -2.33. The van der Waals surface area contributed by atoms with Gasteiger partial charge in [-0.1, -0.05) is 198 Å². The summed E-state index contributed by atoms with van der Waals surface area (Å²) in [6.07, 6.45) is 4.01. The van der Waals surface area contributed by atoms with Gasteiger partial charge in [0.25, 0.3) is 0 Å². The third kappa shape index (κ3) is 7.64. The molecule has 380 valence electrons. The Hall–Kier alpha value is -9.38. The van der Waals surface area contributed by atoms with Crippen molar-refractivity contribution in [2.45, 2.75) is 58.8 Å². The van der Waals surface area contributed by atoms with E-state index in [0.717, 1.165) is 67.8 Å². The summed E-state index contributed by atoms with van der Waals surface area (Å²) in [6, 6.07) is 86.1. The van der Waals surface area contributed by atoms with Crippen LogP contribution in [0.15, 0.2) is 243 Å². The van der Waals surface area contributed by atoms with Crippen LogP contribution in [-0.4, -0.2) is 9.97 Å². The van der Waals surface area contributed by atoms with Gasteiger partial charge in [-0.15, -0.1) is 0 Å². The summed E-state index contributed by atoms with van der Waals surface area (Å²) in [5.74, 6) is 2.57. The number of hydrogen-bond acceptors (Lipinski definition) is 4. The Morgan fingerprint density at radius 2 is 0.785 bits per heavy atom. The molecule has 0 radical (unpaired) electrons. The summed E-state index contributed by atoms with van der Waals surface area (Å²) >= 11 is 0. The van der Waals surface area contributed by atoms with Crippen molar-refractivity contribution in [2.75, 3.05) is 9.80 Å². The summed E-state index contributed by atoms with van der Waals surface area (Å²) in [5, 5.41) is 4.86. The first-order valence-electron chi connectivity index (χ1n) is 27.8. The first-order valence-corrected chi connectivity index (χ1v) is 27.8. The number of hydrogen-bond donors (Lipinski definition) is 0. The molecular weight excluding hydrogens is 957 g/mol. The molecule has 2 aliphatic carbocycles. The highest BCUT2D eigenvalue weighted by molar-refractivity contribution is 6.21. The van der Waals surface area contributed by atoms with Gasteiger partial charge in [-0.05, 0) is 186 Å². The lowest BCUT2D eigenvalue weighted by Crippen LogP contribution is -2.26. The average molecular weight is 1020 g/mol. The van der Waals surface area contributed by atoms with Crippen LogP contribution in [-0.2, 0) is 5.41 Å². The molecular formula is C75H60N4. The topological polar surface area (TPSA) is 32.3 Å². The molecule has 4 heteroatoms.